The highest BCUT2D eigenvalue weighted by atomic mass is 16.5. The van der Waals surface area contributed by atoms with Gasteiger partial charge in [-0.15, -0.1) is 0 Å². The van der Waals surface area contributed by atoms with Crippen molar-refractivity contribution in [1.82, 2.24) is 0 Å². The number of benzene rings is 2. The number of aromatic hydroxyl groups is 1. The molecular formula is C17H16O4. The van der Waals surface area contributed by atoms with Crippen LogP contribution in [0.3, 0.4) is 0 Å². The van der Waals surface area contributed by atoms with Gasteiger partial charge in [0.1, 0.15) is 5.75 Å². The summed E-state index contributed by atoms with van der Waals surface area (Å²) in [5, 5.41) is 9.76. The molecule has 0 aromatic heterocycles. The van der Waals surface area contributed by atoms with Gasteiger partial charge >= 0.3 is 0 Å². The van der Waals surface area contributed by atoms with Crippen LogP contribution in [-0.4, -0.2) is 25.6 Å². The van der Waals surface area contributed by atoms with Gasteiger partial charge in [0, 0.05) is 0 Å². The van der Waals surface area contributed by atoms with Crippen LogP contribution >= 0.6 is 0 Å². The van der Waals surface area contributed by atoms with Crippen LogP contribution in [0.15, 0.2) is 36.4 Å². The van der Waals surface area contributed by atoms with Crippen molar-refractivity contribution in [3.8, 4) is 17.2 Å². The molecule has 2 aromatic rings. The Balaban J connectivity index is 2.29. The summed E-state index contributed by atoms with van der Waals surface area (Å²) in [5.41, 5.74) is 1.96. The molecule has 0 amide bonds. The number of phenolic OH excluding ortho intramolecular Hbond substituents is 1. The van der Waals surface area contributed by atoms with E-state index < -0.39 is 0 Å². The molecule has 0 saturated heterocycles. The molecule has 0 atom stereocenters. The maximum atomic E-state index is 10.9. The molecule has 21 heavy (non-hydrogen) atoms. The molecule has 0 bridgehead atoms. The number of phenols is 1. The third-order valence-electron chi connectivity index (χ3n) is 3.06. The zero-order valence-corrected chi connectivity index (χ0v) is 11.9. The number of ether oxygens (including phenoxy) is 2. The second-order valence-corrected chi connectivity index (χ2v) is 4.39. The standard InChI is InChI=1S/C17H16O4/c1-20-15-7-5-12(6-8-15)3-4-13-9-14(11-18)17(19)16(10-13)21-2/h3-11,19H,1-2H3/b4-3+. The van der Waals surface area contributed by atoms with Crippen LogP contribution in [0, 0.1) is 0 Å². The van der Waals surface area contributed by atoms with Gasteiger partial charge in [-0.05, 0) is 35.4 Å². The van der Waals surface area contributed by atoms with Gasteiger partial charge in [0.15, 0.2) is 17.8 Å². The number of hydrogen-bond acceptors (Lipinski definition) is 4. The quantitative estimate of drug-likeness (QED) is 0.675. The predicted molar refractivity (Wildman–Crippen MR) is 82.0 cm³/mol. The van der Waals surface area contributed by atoms with Crippen molar-refractivity contribution in [2.24, 2.45) is 0 Å². The van der Waals surface area contributed by atoms with Crippen LogP contribution in [0.4, 0.5) is 0 Å². The third kappa shape index (κ3) is 3.42. The van der Waals surface area contributed by atoms with Crippen LogP contribution in [0.1, 0.15) is 21.5 Å². The fraction of sp³-hybridized carbons (Fsp3) is 0.118. The van der Waals surface area contributed by atoms with Crippen molar-refractivity contribution >= 4 is 18.4 Å². The molecule has 0 spiro atoms. The van der Waals surface area contributed by atoms with E-state index in [1.807, 2.05) is 36.4 Å². The first-order valence-electron chi connectivity index (χ1n) is 6.36. The summed E-state index contributed by atoms with van der Waals surface area (Å²) < 4.78 is 10.1. The van der Waals surface area contributed by atoms with Crippen molar-refractivity contribution < 1.29 is 19.4 Å². The SMILES string of the molecule is COc1ccc(/C=C/c2cc(C=O)c(O)c(OC)c2)cc1. The first-order chi connectivity index (χ1) is 10.2. The molecular weight excluding hydrogens is 268 g/mol. The molecule has 0 fully saturated rings. The third-order valence-corrected chi connectivity index (χ3v) is 3.06. The van der Waals surface area contributed by atoms with Gasteiger partial charge in [0.05, 0.1) is 19.8 Å². The Morgan fingerprint density at radius 2 is 1.62 bits per heavy atom. The van der Waals surface area contributed by atoms with E-state index in [9.17, 15) is 9.90 Å². The van der Waals surface area contributed by atoms with Gasteiger partial charge in [0.2, 0.25) is 0 Å². The number of aldehydes is 1. The minimum absolute atomic E-state index is 0.144. The van der Waals surface area contributed by atoms with Crippen LogP contribution < -0.4 is 9.47 Å². The number of carbonyl (C=O) groups excluding carboxylic acids is 1. The topological polar surface area (TPSA) is 55.8 Å². The summed E-state index contributed by atoms with van der Waals surface area (Å²) in [6, 6.07) is 10.9. The molecule has 2 rings (SSSR count). The Bertz CT molecular complexity index is 657. The van der Waals surface area contributed by atoms with Gasteiger partial charge in [-0.3, -0.25) is 4.79 Å². The summed E-state index contributed by atoms with van der Waals surface area (Å²) in [6.45, 7) is 0. The van der Waals surface area contributed by atoms with Crippen molar-refractivity contribution in [2.75, 3.05) is 14.2 Å². The van der Waals surface area contributed by atoms with Crippen LogP contribution in [-0.2, 0) is 0 Å². The summed E-state index contributed by atoms with van der Waals surface area (Å²) in [6.07, 6.45) is 4.35. The van der Waals surface area contributed by atoms with E-state index in [1.54, 1.807) is 19.2 Å². The van der Waals surface area contributed by atoms with Gasteiger partial charge in [-0.25, -0.2) is 0 Å². The minimum atomic E-state index is -0.144. The highest BCUT2D eigenvalue weighted by Crippen LogP contribution is 2.31. The Morgan fingerprint density at radius 3 is 2.19 bits per heavy atom. The van der Waals surface area contributed by atoms with Crippen molar-refractivity contribution in [3.63, 3.8) is 0 Å². The van der Waals surface area contributed by atoms with Crippen LogP contribution in [0.25, 0.3) is 12.2 Å². The van der Waals surface area contributed by atoms with Crippen LogP contribution in [0.2, 0.25) is 0 Å². The summed E-state index contributed by atoms with van der Waals surface area (Å²) in [5.74, 6) is 0.921. The Kier molecular flexibility index (Phi) is 4.61. The molecule has 0 radical (unpaired) electrons. The summed E-state index contributed by atoms with van der Waals surface area (Å²) in [4.78, 5) is 10.9. The first kappa shape index (κ1) is 14.7. The van der Waals surface area contributed by atoms with Crippen LogP contribution in [0.5, 0.6) is 17.2 Å². The fourth-order valence-corrected chi connectivity index (χ4v) is 1.90. The van der Waals surface area contributed by atoms with Gasteiger partial charge < -0.3 is 14.6 Å². The average molecular weight is 284 g/mol. The monoisotopic (exact) mass is 284 g/mol. The summed E-state index contributed by atoms with van der Waals surface area (Å²) >= 11 is 0. The second kappa shape index (κ2) is 6.61. The molecule has 0 aliphatic heterocycles. The maximum Gasteiger partial charge on any atom is 0.168 e. The second-order valence-electron chi connectivity index (χ2n) is 4.39. The molecule has 108 valence electrons. The Labute approximate surface area is 123 Å². The van der Waals surface area contributed by atoms with E-state index in [0.29, 0.717) is 6.29 Å². The van der Waals surface area contributed by atoms with Crippen molar-refractivity contribution in [2.45, 2.75) is 0 Å². The van der Waals surface area contributed by atoms with Gasteiger partial charge in [-0.2, -0.15) is 0 Å². The lowest BCUT2D eigenvalue weighted by Gasteiger charge is -2.06. The normalized spacial score (nSPS) is 10.6. The van der Waals surface area contributed by atoms with E-state index in [2.05, 4.69) is 0 Å². The highest BCUT2D eigenvalue weighted by Gasteiger charge is 2.08. The number of rotatable bonds is 5. The van der Waals surface area contributed by atoms with Gasteiger partial charge in [0.25, 0.3) is 0 Å². The number of methoxy groups -OCH3 is 2. The van der Waals surface area contributed by atoms with E-state index in [1.165, 1.54) is 7.11 Å². The Hall–Kier alpha value is -2.75. The number of carbonyl (C=O) groups is 1. The van der Waals surface area contributed by atoms with E-state index in [0.717, 1.165) is 16.9 Å². The molecule has 0 heterocycles. The van der Waals surface area contributed by atoms with Crippen molar-refractivity contribution in [1.29, 1.82) is 0 Å². The predicted octanol–water partition coefficient (Wildman–Crippen LogP) is 3.39. The number of hydrogen-bond donors (Lipinski definition) is 1. The van der Waals surface area contributed by atoms with Gasteiger partial charge in [-0.1, -0.05) is 24.3 Å². The zero-order chi connectivity index (χ0) is 15.2. The minimum Gasteiger partial charge on any atom is -0.504 e. The molecule has 4 heteroatoms. The molecule has 1 N–H and O–H groups in total. The van der Waals surface area contributed by atoms with E-state index in [4.69, 9.17) is 9.47 Å². The van der Waals surface area contributed by atoms with Crippen molar-refractivity contribution in [3.05, 3.63) is 53.1 Å². The zero-order valence-electron chi connectivity index (χ0n) is 11.9. The average Bonchev–Trinajstić information content (AvgIpc) is 2.54. The van der Waals surface area contributed by atoms with E-state index >= 15 is 0 Å². The maximum absolute atomic E-state index is 10.9. The molecule has 0 unspecified atom stereocenters. The largest absolute Gasteiger partial charge is 0.504 e. The Morgan fingerprint density at radius 1 is 0.952 bits per heavy atom. The fourth-order valence-electron chi connectivity index (χ4n) is 1.90. The van der Waals surface area contributed by atoms with E-state index in [-0.39, 0.29) is 17.1 Å². The highest BCUT2D eigenvalue weighted by molar-refractivity contribution is 5.84. The smallest absolute Gasteiger partial charge is 0.168 e. The molecule has 2 aromatic carbocycles. The molecule has 0 saturated carbocycles. The summed E-state index contributed by atoms with van der Waals surface area (Å²) in [7, 11) is 3.06. The lowest BCUT2D eigenvalue weighted by molar-refractivity contribution is 0.112. The first-order valence-corrected chi connectivity index (χ1v) is 6.36. The molecule has 0 aliphatic carbocycles. The lowest BCUT2D eigenvalue weighted by atomic mass is 10.1. The molecule has 0 aliphatic rings. The lowest BCUT2D eigenvalue weighted by Crippen LogP contribution is -1.90. The molecule has 4 nitrogen and oxygen atoms in total.